The number of aldehydes is 1. The van der Waals surface area contributed by atoms with E-state index in [9.17, 15) is 4.79 Å². The maximum Gasteiger partial charge on any atom is 0.120 e. The molecule has 0 spiro atoms. The van der Waals surface area contributed by atoms with Crippen LogP contribution in [0.25, 0.3) is 0 Å². The van der Waals surface area contributed by atoms with E-state index < -0.39 is 0 Å². The topological polar surface area (TPSA) is 17.1 Å². The van der Waals surface area contributed by atoms with Gasteiger partial charge in [-0.05, 0) is 79.4 Å². The SMILES string of the molecule is CCCC1(C)C(CC=O)CCC2C3CCCC3(C)CCC21. The van der Waals surface area contributed by atoms with Gasteiger partial charge >= 0.3 is 0 Å². The third-order valence-corrected chi connectivity index (χ3v) is 8.02. The molecule has 3 fully saturated rings. The summed E-state index contributed by atoms with van der Waals surface area (Å²) in [7, 11) is 0. The summed E-state index contributed by atoms with van der Waals surface area (Å²) in [6.07, 6.45) is 14.6. The molecule has 6 atom stereocenters. The normalized spacial score (nSPS) is 49.5. The largest absolute Gasteiger partial charge is 0.303 e. The van der Waals surface area contributed by atoms with Crippen molar-refractivity contribution < 1.29 is 4.79 Å². The lowest BCUT2D eigenvalue weighted by atomic mass is 9.46. The fourth-order valence-corrected chi connectivity index (χ4v) is 6.96. The molecule has 0 aromatic rings. The maximum absolute atomic E-state index is 11.2. The molecule has 21 heavy (non-hydrogen) atoms. The molecule has 120 valence electrons. The second kappa shape index (κ2) is 5.70. The average Bonchev–Trinajstić information content (AvgIpc) is 2.84. The second-order valence-electron chi connectivity index (χ2n) is 8.89. The summed E-state index contributed by atoms with van der Waals surface area (Å²) in [5, 5.41) is 0. The highest BCUT2D eigenvalue weighted by atomic mass is 16.1. The zero-order chi connectivity index (χ0) is 15.1. The molecule has 3 saturated carbocycles. The Balaban J connectivity index is 1.87. The highest BCUT2D eigenvalue weighted by Crippen LogP contribution is 2.64. The van der Waals surface area contributed by atoms with Crippen LogP contribution in [0.5, 0.6) is 0 Å². The fraction of sp³-hybridized carbons (Fsp3) is 0.950. The van der Waals surface area contributed by atoms with Crippen molar-refractivity contribution in [3.05, 3.63) is 0 Å². The van der Waals surface area contributed by atoms with Crippen molar-refractivity contribution in [3.63, 3.8) is 0 Å². The first-order chi connectivity index (χ1) is 10.0. The molecule has 0 saturated heterocycles. The van der Waals surface area contributed by atoms with E-state index in [-0.39, 0.29) is 0 Å². The molecule has 0 N–H and O–H groups in total. The van der Waals surface area contributed by atoms with Crippen LogP contribution < -0.4 is 0 Å². The summed E-state index contributed by atoms with van der Waals surface area (Å²) in [5.74, 6) is 3.50. The minimum Gasteiger partial charge on any atom is -0.303 e. The highest BCUT2D eigenvalue weighted by Gasteiger charge is 2.56. The Morgan fingerprint density at radius 1 is 1.05 bits per heavy atom. The summed E-state index contributed by atoms with van der Waals surface area (Å²) in [6, 6.07) is 0. The van der Waals surface area contributed by atoms with Crippen LogP contribution >= 0.6 is 0 Å². The summed E-state index contributed by atoms with van der Waals surface area (Å²) < 4.78 is 0. The van der Waals surface area contributed by atoms with Crippen LogP contribution in [-0.2, 0) is 4.79 Å². The van der Waals surface area contributed by atoms with E-state index in [1.165, 1.54) is 64.1 Å². The summed E-state index contributed by atoms with van der Waals surface area (Å²) >= 11 is 0. The lowest BCUT2D eigenvalue weighted by molar-refractivity contribution is -0.117. The van der Waals surface area contributed by atoms with Crippen LogP contribution in [0.2, 0.25) is 0 Å². The molecule has 0 aromatic heterocycles. The molecule has 0 bridgehead atoms. The van der Waals surface area contributed by atoms with Crippen LogP contribution in [-0.4, -0.2) is 6.29 Å². The van der Waals surface area contributed by atoms with Gasteiger partial charge in [0.25, 0.3) is 0 Å². The van der Waals surface area contributed by atoms with E-state index in [0.717, 1.165) is 24.2 Å². The van der Waals surface area contributed by atoms with Gasteiger partial charge in [-0.3, -0.25) is 0 Å². The molecular weight excluding hydrogens is 256 g/mol. The van der Waals surface area contributed by atoms with E-state index in [4.69, 9.17) is 0 Å². The van der Waals surface area contributed by atoms with Crippen molar-refractivity contribution in [1.82, 2.24) is 0 Å². The highest BCUT2D eigenvalue weighted by molar-refractivity contribution is 5.50. The van der Waals surface area contributed by atoms with Gasteiger partial charge in [-0.15, -0.1) is 0 Å². The van der Waals surface area contributed by atoms with E-state index in [1.807, 2.05) is 0 Å². The van der Waals surface area contributed by atoms with E-state index >= 15 is 0 Å². The molecule has 0 aliphatic heterocycles. The molecule has 3 rings (SSSR count). The Kier molecular flexibility index (Phi) is 4.23. The predicted molar refractivity (Wildman–Crippen MR) is 88.1 cm³/mol. The summed E-state index contributed by atoms with van der Waals surface area (Å²) in [4.78, 5) is 11.2. The van der Waals surface area contributed by atoms with Gasteiger partial charge in [0.2, 0.25) is 0 Å². The van der Waals surface area contributed by atoms with E-state index in [1.54, 1.807) is 0 Å². The quantitative estimate of drug-likeness (QED) is 0.614. The minimum atomic E-state index is 0.433. The third-order valence-electron chi connectivity index (χ3n) is 8.02. The average molecular weight is 290 g/mol. The summed E-state index contributed by atoms with van der Waals surface area (Å²) in [5.41, 5.74) is 1.09. The number of carbonyl (C=O) groups excluding carboxylic acids is 1. The van der Waals surface area contributed by atoms with Gasteiger partial charge in [-0.2, -0.15) is 0 Å². The monoisotopic (exact) mass is 290 g/mol. The van der Waals surface area contributed by atoms with Gasteiger partial charge in [0, 0.05) is 6.42 Å². The Morgan fingerprint density at radius 3 is 2.57 bits per heavy atom. The molecule has 0 amide bonds. The second-order valence-corrected chi connectivity index (χ2v) is 8.89. The van der Waals surface area contributed by atoms with Gasteiger partial charge in [0.05, 0.1) is 0 Å². The zero-order valence-corrected chi connectivity index (χ0v) is 14.4. The fourth-order valence-electron chi connectivity index (χ4n) is 6.96. The molecule has 3 aliphatic carbocycles. The maximum atomic E-state index is 11.2. The van der Waals surface area contributed by atoms with Crippen molar-refractivity contribution in [2.75, 3.05) is 0 Å². The molecule has 1 nitrogen and oxygen atoms in total. The Hall–Kier alpha value is -0.330. The van der Waals surface area contributed by atoms with Gasteiger partial charge in [0.15, 0.2) is 0 Å². The molecule has 3 aliphatic rings. The lowest BCUT2D eigenvalue weighted by Crippen LogP contribution is -2.50. The van der Waals surface area contributed by atoms with Gasteiger partial charge in [-0.1, -0.05) is 33.6 Å². The van der Waals surface area contributed by atoms with Crippen LogP contribution in [0, 0.1) is 34.5 Å². The Morgan fingerprint density at radius 2 is 1.86 bits per heavy atom. The van der Waals surface area contributed by atoms with Gasteiger partial charge in [-0.25, -0.2) is 0 Å². The molecule has 1 heteroatoms. The third kappa shape index (κ3) is 2.39. The number of fused-ring (bicyclic) bond motifs is 3. The lowest BCUT2D eigenvalue weighted by Gasteiger charge is -2.58. The van der Waals surface area contributed by atoms with Crippen LogP contribution in [0.4, 0.5) is 0 Å². The van der Waals surface area contributed by atoms with E-state index in [0.29, 0.717) is 16.7 Å². The van der Waals surface area contributed by atoms with Crippen molar-refractivity contribution >= 4 is 6.29 Å². The minimum absolute atomic E-state index is 0.433. The smallest absolute Gasteiger partial charge is 0.120 e. The van der Waals surface area contributed by atoms with Crippen molar-refractivity contribution in [2.45, 2.75) is 85.0 Å². The van der Waals surface area contributed by atoms with Gasteiger partial charge in [0.1, 0.15) is 6.29 Å². The first-order valence-electron chi connectivity index (χ1n) is 9.49. The van der Waals surface area contributed by atoms with Crippen LogP contribution in [0.3, 0.4) is 0 Å². The van der Waals surface area contributed by atoms with Crippen LogP contribution in [0.15, 0.2) is 0 Å². The molecular formula is C20H34O. The zero-order valence-electron chi connectivity index (χ0n) is 14.4. The predicted octanol–water partition coefficient (Wildman–Crippen LogP) is 5.62. The number of hydrogen-bond donors (Lipinski definition) is 0. The van der Waals surface area contributed by atoms with Crippen molar-refractivity contribution in [3.8, 4) is 0 Å². The first kappa shape index (κ1) is 15.6. The Labute approximate surface area is 131 Å². The first-order valence-corrected chi connectivity index (χ1v) is 9.49. The van der Waals surface area contributed by atoms with Crippen molar-refractivity contribution in [1.29, 1.82) is 0 Å². The molecule has 6 unspecified atom stereocenters. The molecule has 0 radical (unpaired) electrons. The number of hydrogen-bond acceptors (Lipinski definition) is 1. The van der Waals surface area contributed by atoms with Gasteiger partial charge < -0.3 is 4.79 Å². The standard InChI is InChI=1S/C20H34O/c1-4-11-20(3)15(10-14-21)7-8-16-17-6-5-12-19(17,2)13-9-18(16)20/h14-18H,4-13H2,1-3H3. The molecule has 0 heterocycles. The number of rotatable bonds is 4. The summed E-state index contributed by atoms with van der Waals surface area (Å²) in [6.45, 7) is 7.45. The van der Waals surface area contributed by atoms with E-state index in [2.05, 4.69) is 20.8 Å². The molecule has 0 aromatic carbocycles. The van der Waals surface area contributed by atoms with Crippen molar-refractivity contribution in [2.24, 2.45) is 34.5 Å². The van der Waals surface area contributed by atoms with Crippen LogP contribution in [0.1, 0.15) is 85.0 Å². The number of carbonyl (C=O) groups is 1. The Bertz CT molecular complexity index is 389.